The van der Waals surface area contributed by atoms with Crippen LogP contribution >= 0.6 is 11.3 Å². The van der Waals surface area contributed by atoms with E-state index in [1.807, 2.05) is 0 Å². The van der Waals surface area contributed by atoms with Crippen LogP contribution in [-0.2, 0) is 9.84 Å². The smallest absolute Gasteiger partial charge is 0.176 e. The average molecular weight is 306 g/mol. The number of ketones is 1. The summed E-state index contributed by atoms with van der Waals surface area (Å²) in [5, 5.41) is 3.53. The van der Waals surface area contributed by atoms with E-state index >= 15 is 0 Å². The van der Waals surface area contributed by atoms with Crippen LogP contribution in [0.5, 0.6) is 5.75 Å². The molecule has 19 heavy (non-hydrogen) atoms. The highest BCUT2D eigenvalue weighted by atomic mass is 32.2. The number of Topliss-reactive ketones (excluding diaryl/α,β-unsaturated/α-hetero) is 1. The molecule has 0 radical (unpaired) electrons. The Morgan fingerprint density at radius 3 is 2.58 bits per heavy atom. The van der Waals surface area contributed by atoms with Gasteiger partial charge in [-0.25, -0.2) is 8.42 Å². The number of nitrogens with one attached hydrogen (secondary N) is 1. The lowest BCUT2D eigenvalue weighted by Gasteiger charge is -2.05. The first-order valence-corrected chi connectivity index (χ1v) is 8.58. The number of ether oxygens (including phenoxy) is 1. The largest absolute Gasteiger partial charge is 0.492 e. The molecular formula is C11H18N2O4S2. The van der Waals surface area contributed by atoms with Crippen molar-refractivity contribution in [1.82, 2.24) is 0 Å². The van der Waals surface area contributed by atoms with Gasteiger partial charge in [0.05, 0.1) is 23.4 Å². The molecule has 0 aliphatic carbocycles. The van der Waals surface area contributed by atoms with Crippen LogP contribution in [0.15, 0.2) is 0 Å². The first kappa shape index (κ1) is 15.8. The highest BCUT2D eigenvalue weighted by Crippen LogP contribution is 2.42. The fourth-order valence-electron chi connectivity index (χ4n) is 1.47. The molecule has 0 fully saturated rings. The number of hydrogen-bond acceptors (Lipinski definition) is 7. The Kier molecular flexibility index (Phi) is 5.19. The Hall–Kier alpha value is -1.28. The van der Waals surface area contributed by atoms with Crippen molar-refractivity contribution in [1.29, 1.82) is 0 Å². The standard InChI is InChI=1S/C11H18N2O4S2/c1-4-7(14)10-8(12)9(17-2)11(18-10)13-5-6-19(3,15)16/h13H,4-6,12H2,1-3H3. The van der Waals surface area contributed by atoms with Gasteiger partial charge in [-0.3, -0.25) is 4.79 Å². The van der Waals surface area contributed by atoms with Crippen LogP contribution < -0.4 is 15.8 Å². The van der Waals surface area contributed by atoms with E-state index < -0.39 is 9.84 Å². The predicted molar refractivity (Wildman–Crippen MR) is 78.1 cm³/mol. The Bertz CT molecular complexity index is 563. The van der Waals surface area contributed by atoms with Crippen molar-refractivity contribution in [2.75, 3.05) is 36.7 Å². The zero-order chi connectivity index (χ0) is 14.6. The molecule has 0 unspecified atom stereocenters. The van der Waals surface area contributed by atoms with Crippen LogP contribution in [0.4, 0.5) is 10.7 Å². The van der Waals surface area contributed by atoms with E-state index in [0.717, 1.165) is 0 Å². The van der Waals surface area contributed by atoms with Gasteiger partial charge in [-0.05, 0) is 0 Å². The molecule has 1 aromatic rings. The Morgan fingerprint density at radius 2 is 2.11 bits per heavy atom. The first-order chi connectivity index (χ1) is 8.80. The molecule has 8 heteroatoms. The van der Waals surface area contributed by atoms with Crippen LogP contribution in [0.1, 0.15) is 23.0 Å². The third-order valence-electron chi connectivity index (χ3n) is 2.44. The minimum absolute atomic E-state index is 0.00498. The third kappa shape index (κ3) is 4.10. The zero-order valence-corrected chi connectivity index (χ0v) is 12.8. The van der Waals surface area contributed by atoms with Crippen molar-refractivity contribution < 1.29 is 17.9 Å². The summed E-state index contributed by atoms with van der Waals surface area (Å²) < 4.78 is 27.3. The normalized spacial score (nSPS) is 11.3. The molecule has 0 aliphatic heterocycles. The number of thiophene rings is 1. The van der Waals surface area contributed by atoms with E-state index in [1.165, 1.54) is 24.7 Å². The molecule has 6 nitrogen and oxygen atoms in total. The molecule has 0 aliphatic rings. The van der Waals surface area contributed by atoms with Gasteiger partial charge >= 0.3 is 0 Å². The Morgan fingerprint density at radius 1 is 1.47 bits per heavy atom. The van der Waals surface area contributed by atoms with Crippen molar-refractivity contribution in [3.05, 3.63) is 4.88 Å². The maximum absolute atomic E-state index is 11.7. The number of methoxy groups -OCH3 is 1. The van der Waals surface area contributed by atoms with Gasteiger partial charge in [0.1, 0.15) is 14.8 Å². The molecule has 1 rings (SSSR count). The second-order valence-electron chi connectivity index (χ2n) is 4.04. The van der Waals surface area contributed by atoms with Crippen LogP contribution in [0.25, 0.3) is 0 Å². The number of carbonyl (C=O) groups excluding carboxylic acids is 1. The molecule has 1 aromatic heterocycles. The molecular weight excluding hydrogens is 288 g/mol. The summed E-state index contributed by atoms with van der Waals surface area (Å²) in [6, 6.07) is 0. The number of nitrogens with two attached hydrogens (primary N) is 1. The SMILES string of the molecule is CCC(=O)c1sc(NCCS(C)(=O)=O)c(OC)c1N. The van der Waals surface area contributed by atoms with E-state index in [2.05, 4.69) is 5.32 Å². The van der Waals surface area contributed by atoms with Gasteiger partial charge in [0.2, 0.25) is 0 Å². The topological polar surface area (TPSA) is 98.5 Å². The summed E-state index contributed by atoms with van der Waals surface area (Å²) in [4.78, 5) is 12.1. The number of rotatable bonds is 7. The van der Waals surface area contributed by atoms with Gasteiger partial charge in [-0.15, -0.1) is 11.3 Å². The lowest BCUT2D eigenvalue weighted by molar-refractivity contribution is 0.0992. The first-order valence-electron chi connectivity index (χ1n) is 5.71. The maximum Gasteiger partial charge on any atom is 0.176 e. The van der Waals surface area contributed by atoms with Crippen LogP contribution in [0.3, 0.4) is 0 Å². The molecule has 0 amide bonds. The van der Waals surface area contributed by atoms with E-state index in [0.29, 0.717) is 27.7 Å². The van der Waals surface area contributed by atoms with Crippen LogP contribution in [0.2, 0.25) is 0 Å². The molecule has 3 N–H and O–H groups in total. The van der Waals surface area contributed by atoms with E-state index in [9.17, 15) is 13.2 Å². The fraction of sp³-hybridized carbons (Fsp3) is 0.545. The second kappa shape index (κ2) is 6.25. The third-order valence-corrected chi connectivity index (χ3v) is 4.57. The minimum atomic E-state index is -3.04. The highest BCUT2D eigenvalue weighted by molar-refractivity contribution is 7.90. The van der Waals surface area contributed by atoms with Crippen molar-refractivity contribution in [2.45, 2.75) is 13.3 Å². The molecule has 0 atom stereocenters. The predicted octanol–water partition coefficient (Wildman–Crippen LogP) is 1.39. The van der Waals surface area contributed by atoms with Crippen molar-refractivity contribution >= 4 is 37.6 Å². The van der Waals surface area contributed by atoms with Crippen LogP contribution in [0, 0.1) is 0 Å². The molecule has 0 spiro atoms. The Balaban J connectivity index is 2.92. The van der Waals surface area contributed by atoms with Gasteiger partial charge in [-0.2, -0.15) is 0 Å². The van der Waals surface area contributed by atoms with Gasteiger partial charge in [0.25, 0.3) is 0 Å². The minimum Gasteiger partial charge on any atom is -0.492 e. The molecule has 108 valence electrons. The number of anilines is 2. The summed E-state index contributed by atoms with van der Waals surface area (Å²) in [6.07, 6.45) is 1.53. The summed E-state index contributed by atoms with van der Waals surface area (Å²) in [5.41, 5.74) is 6.16. The second-order valence-corrected chi connectivity index (χ2v) is 7.32. The molecule has 0 aromatic carbocycles. The monoisotopic (exact) mass is 306 g/mol. The summed E-state index contributed by atoms with van der Waals surface area (Å²) in [7, 11) is -1.58. The van der Waals surface area contributed by atoms with Gasteiger partial charge in [-0.1, -0.05) is 6.92 Å². The van der Waals surface area contributed by atoms with Crippen molar-refractivity contribution in [3.63, 3.8) is 0 Å². The van der Waals surface area contributed by atoms with E-state index in [4.69, 9.17) is 10.5 Å². The molecule has 0 saturated heterocycles. The number of nitrogen functional groups attached to an aromatic ring is 1. The Labute approximate surface area is 116 Å². The van der Waals surface area contributed by atoms with Gasteiger partial charge < -0.3 is 15.8 Å². The van der Waals surface area contributed by atoms with Crippen molar-refractivity contribution in [3.8, 4) is 5.75 Å². The highest BCUT2D eigenvalue weighted by Gasteiger charge is 2.20. The zero-order valence-electron chi connectivity index (χ0n) is 11.1. The van der Waals surface area contributed by atoms with E-state index in [1.54, 1.807) is 6.92 Å². The van der Waals surface area contributed by atoms with Crippen molar-refractivity contribution in [2.24, 2.45) is 0 Å². The van der Waals surface area contributed by atoms with Gasteiger partial charge in [0.15, 0.2) is 11.5 Å². The maximum atomic E-state index is 11.7. The quantitative estimate of drug-likeness (QED) is 0.739. The molecule has 0 saturated carbocycles. The van der Waals surface area contributed by atoms with Crippen LogP contribution in [-0.4, -0.2) is 39.9 Å². The number of sulfone groups is 1. The molecule has 1 heterocycles. The van der Waals surface area contributed by atoms with E-state index in [-0.39, 0.29) is 18.1 Å². The summed E-state index contributed by atoms with van der Waals surface area (Å²) in [6.45, 7) is 2.00. The number of hydrogen-bond donors (Lipinski definition) is 2. The lowest BCUT2D eigenvalue weighted by atomic mass is 10.2. The summed E-state index contributed by atoms with van der Waals surface area (Å²) >= 11 is 1.19. The average Bonchev–Trinajstić information content (AvgIpc) is 2.63. The fourth-order valence-corrected chi connectivity index (χ4v) is 3.06. The molecule has 0 bridgehead atoms. The van der Waals surface area contributed by atoms with Gasteiger partial charge in [0, 0.05) is 19.2 Å². The lowest BCUT2D eigenvalue weighted by Crippen LogP contribution is -2.13. The number of carbonyl (C=O) groups is 1. The summed E-state index contributed by atoms with van der Waals surface area (Å²) in [5.74, 6) is 0.345.